The van der Waals surface area contributed by atoms with Crippen LogP contribution in [0.3, 0.4) is 0 Å². The molecule has 1 saturated heterocycles. The Balaban J connectivity index is 2.51. The van der Waals surface area contributed by atoms with Gasteiger partial charge in [0.1, 0.15) is 6.10 Å². The molecule has 4 nitrogen and oxygen atoms in total. The lowest BCUT2D eigenvalue weighted by atomic mass is 10.0. The monoisotopic (exact) mass is 162 g/mol. The molecule has 0 spiro atoms. The predicted octanol–water partition coefficient (Wildman–Crippen LogP) is -0.510. The first-order chi connectivity index (χ1) is 5.15. The molecule has 2 N–H and O–H groups in total. The van der Waals surface area contributed by atoms with Crippen LogP contribution in [0.25, 0.3) is 0 Å². The third-order valence-electron chi connectivity index (χ3n) is 1.97. The Hall–Kier alpha value is -0.160. The molecule has 1 aliphatic heterocycles. The molecule has 4 atom stereocenters. The standard InChI is InChI=1S/C7H14O4/c1-4-7(9)5(10-2)3-6(8)11-4/h4-9H,3H2,1-2H3/t4?,5-,6+,7+/m0/s1. The topological polar surface area (TPSA) is 58.9 Å². The fraction of sp³-hybridized carbons (Fsp3) is 1.00. The number of aliphatic hydroxyl groups is 2. The molecule has 0 aromatic heterocycles. The van der Waals surface area contributed by atoms with Crippen molar-refractivity contribution in [1.82, 2.24) is 0 Å². The van der Waals surface area contributed by atoms with E-state index in [0.717, 1.165) is 0 Å². The first-order valence-electron chi connectivity index (χ1n) is 3.69. The molecule has 66 valence electrons. The van der Waals surface area contributed by atoms with Gasteiger partial charge in [0.15, 0.2) is 6.29 Å². The Morgan fingerprint density at radius 2 is 2.09 bits per heavy atom. The summed E-state index contributed by atoms with van der Waals surface area (Å²) in [4.78, 5) is 0. The minimum atomic E-state index is -0.807. The highest BCUT2D eigenvalue weighted by atomic mass is 16.6. The van der Waals surface area contributed by atoms with E-state index in [4.69, 9.17) is 14.6 Å². The van der Waals surface area contributed by atoms with Gasteiger partial charge in [-0.1, -0.05) is 0 Å². The molecule has 1 heterocycles. The Morgan fingerprint density at radius 1 is 1.45 bits per heavy atom. The van der Waals surface area contributed by atoms with Gasteiger partial charge in [0.05, 0.1) is 12.2 Å². The number of methoxy groups -OCH3 is 1. The van der Waals surface area contributed by atoms with E-state index < -0.39 is 12.4 Å². The first-order valence-corrected chi connectivity index (χ1v) is 3.69. The maximum atomic E-state index is 9.39. The number of rotatable bonds is 1. The molecule has 0 saturated carbocycles. The molecule has 0 amide bonds. The summed E-state index contributed by atoms with van der Waals surface area (Å²) < 4.78 is 9.91. The smallest absolute Gasteiger partial charge is 0.157 e. The van der Waals surface area contributed by atoms with Crippen LogP contribution in [0.2, 0.25) is 0 Å². The molecule has 0 bridgehead atoms. The number of hydrogen-bond acceptors (Lipinski definition) is 4. The van der Waals surface area contributed by atoms with Crippen LogP contribution < -0.4 is 0 Å². The summed E-state index contributed by atoms with van der Waals surface area (Å²) in [6.45, 7) is 1.71. The van der Waals surface area contributed by atoms with E-state index in [1.807, 2.05) is 0 Å². The maximum Gasteiger partial charge on any atom is 0.157 e. The van der Waals surface area contributed by atoms with Gasteiger partial charge in [-0.05, 0) is 6.92 Å². The van der Waals surface area contributed by atoms with Gasteiger partial charge in [0.2, 0.25) is 0 Å². The molecule has 4 heteroatoms. The zero-order valence-electron chi connectivity index (χ0n) is 6.73. The van der Waals surface area contributed by atoms with Gasteiger partial charge < -0.3 is 19.7 Å². The van der Waals surface area contributed by atoms with Gasteiger partial charge in [0, 0.05) is 13.5 Å². The molecule has 1 aliphatic rings. The highest BCUT2D eigenvalue weighted by molar-refractivity contribution is 4.80. The average molecular weight is 162 g/mol. The van der Waals surface area contributed by atoms with E-state index in [0.29, 0.717) is 6.42 Å². The van der Waals surface area contributed by atoms with Crippen LogP contribution >= 0.6 is 0 Å². The second kappa shape index (κ2) is 3.49. The molecule has 0 aromatic rings. The third kappa shape index (κ3) is 1.90. The Labute approximate surface area is 65.7 Å². The highest BCUT2D eigenvalue weighted by Gasteiger charge is 2.34. The van der Waals surface area contributed by atoms with Crippen LogP contribution in [0.1, 0.15) is 13.3 Å². The molecule has 0 radical (unpaired) electrons. The summed E-state index contributed by atoms with van der Waals surface area (Å²) in [5.74, 6) is 0. The SMILES string of the molecule is CO[C@H]1C[C@H](O)OC(C)[C@H]1O. The Kier molecular flexibility index (Phi) is 2.84. The molecule has 0 aliphatic carbocycles. The lowest BCUT2D eigenvalue weighted by Gasteiger charge is -2.34. The molecular weight excluding hydrogens is 148 g/mol. The molecule has 0 aromatic carbocycles. The summed E-state index contributed by atoms with van der Waals surface area (Å²) in [6, 6.07) is 0. The summed E-state index contributed by atoms with van der Waals surface area (Å²) in [7, 11) is 1.51. The van der Waals surface area contributed by atoms with Crippen molar-refractivity contribution in [2.24, 2.45) is 0 Å². The molecule has 1 unspecified atom stereocenters. The summed E-state index contributed by atoms with van der Waals surface area (Å²) >= 11 is 0. The summed E-state index contributed by atoms with van der Waals surface area (Å²) in [6.07, 6.45) is -1.78. The quantitative estimate of drug-likeness (QED) is 0.545. The fourth-order valence-corrected chi connectivity index (χ4v) is 1.26. The lowest BCUT2D eigenvalue weighted by Crippen LogP contribution is -2.47. The molecule has 1 fully saturated rings. The zero-order chi connectivity index (χ0) is 8.43. The zero-order valence-corrected chi connectivity index (χ0v) is 6.73. The van der Waals surface area contributed by atoms with Gasteiger partial charge in [0.25, 0.3) is 0 Å². The van der Waals surface area contributed by atoms with Crippen LogP contribution in [0.5, 0.6) is 0 Å². The molecule has 11 heavy (non-hydrogen) atoms. The second-order valence-corrected chi connectivity index (χ2v) is 2.80. The van der Waals surface area contributed by atoms with Gasteiger partial charge in [-0.3, -0.25) is 0 Å². The van der Waals surface area contributed by atoms with Gasteiger partial charge >= 0.3 is 0 Å². The highest BCUT2D eigenvalue weighted by Crippen LogP contribution is 2.20. The Bertz CT molecular complexity index is 128. The normalized spacial score (nSPS) is 45.8. The predicted molar refractivity (Wildman–Crippen MR) is 38.0 cm³/mol. The minimum absolute atomic E-state index is 0.311. The van der Waals surface area contributed by atoms with Crippen LogP contribution in [0.4, 0.5) is 0 Å². The van der Waals surface area contributed by atoms with E-state index in [2.05, 4.69) is 0 Å². The third-order valence-corrected chi connectivity index (χ3v) is 1.97. The lowest BCUT2D eigenvalue weighted by molar-refractivity contribution is -0.231. The van der Waals surface area contributed by atoms with Crippen molar-refractivity contribution in [1.29, 1.82) is 0 Å². The summed E-state index contributed by atoms with van der Waals surface area (Å²) in [5, 5.41) is 18.5. The van der Waals surface area contributed by atoms with Crippen molar-refractivity contribution < 1.29 is 19.7 Å². The summed E-state index contributed by atoms with van der Waals surface area (Å²) in [5.41, 5.74) is 0. The van der Waals surface area contributed by atoms with Crippen LogP contribution in [0, 0.1) is 0 Å². The fourth-order valence-electron chi connectivity index (χ4n) is 1.26. The van der Waals surface area contributed by atoms with Crippen molar-refractivity contribution in [3.8, 4) is 0 Å². The van der Waals surface area contributed by atoms with Crippen molar-refractivity contribution in [3.63, 3.8) is 0 Å². The molecular formula is C7H14O4. The number of aliphatic hydroxyl groups excluding tert-OH is 2. The van der Waals surface area contributed by atoms with Crippen LogP contribution in [-0.4, -0.2) is 41.9 Å². The van der Waals surface area contributed by atoms with Gasteiger partial charge in [-0.15, -0.1) is 0 Å². The van der Waals surface area contributed by atoms with Crippen molar-refractivity contribution >= 4 is 0 Å². The second-order valence-electron chi connectivity index (χ2n) is 2.80. The van der Waals surface area contributed by atoms with Gasteiger partial charge in [-0.25, -0.2) is 0 Å². The molecule has 1 rings (SSSR count). The average Bonchev–Trinajstić information content (AvgIpc) is 1.96. The van der Waals surface area contributed by atoms with E-state index in [1.54, 1.807) is 6.92 Å². The van der Waals surface area contributed by atoms with Crippen LogP contribution in [0.15, 0.2) is 0 Å². The Morgan fingerprint density at radius 3 is 2.64 bits per heavy atom. The van der Waals surface area contributed by atoms with Crippen molar-refractivity contribution in [3.05, 3.63) is 0 Å². The number of ether oxygens (including phenoxy) is 2. The van der Waals surface area contributed by atoms with E-state index in [1.165, 1.54) is 7.11 Å². The van der Waals surface area contributed by atoms with Crippen molar-refractivity contribution in [2.45, 2.75) is 37.9 Å². The maximum absolute atomic E-state index is 9.39. The minimum Gasteiger partial charge on any atom is -0.388 e. The largest absolute Gasteiger partial charge is 0.388 e. The van der Waals surface area contributed by atoms with E-state index >= 15 is 0 Å². The van der Waals surface area contributed by atoms with Crippen LogP contribution in [-0.2, 0) is 9.47 Å². The van der Waals surface area contributed by atoms with E-state index in [9.17, 15) is 5.11 Å². The first kappa shape index (κ1) is 8.93. The van der Waals surface area contributed by atoms with Gasteiger partial charge in [-0.2, -0.15) is 0 Å². The number of hydrogen-bond donors (Lipinski definition) is 2. The van der Waals surface area contributed by atoms with E-state index in [-0.39, 0.29) is 12.2 Å². The van der Waals surface area contributed by atoms with Crippen molar-refractivity contribution in [2.75, 3.05) is 7.11 Å².